The van der Waals surface area contributed by atoms with Gasteiger partial charge in [-0.05, 0) is 43.3 Å². The van der Waals surface area contributed by atoms with Crippen LogP contribution in [0.3, 0.4) is 0 Å². The monoisotopic (exact) mass is 418 g/mol. The number of rotatable bonds is 5. The summed E-state index contributed by atoms with van der Waals surface area (Å²) in [7, 11) is 5.76. The molecule has 0 spiro atoms. The molecule has 1 atom stereocenters. The lowest BCUT2D eigenvalue weighted by molar-refractivity contribution is -0.137. The van der Waals surface area contributed by atoms with Gasteiger partial charge < -0.3 is 23.8 Å². The molecule has 0 amide bonds. The maximum atomic E-state index is 12.7. The number of methoxy groups -OCH3 is 4. The van der Waals surface area contributed by atoms with Crippen molar-refractivity contribution in [2.75, 3.05) is 28.4 Å². The minimum absolute atomic E-state index is 0.384. The molecule has 3 rings (SSSR count). The summed E-state index contributed by atoms with van der Waals surface area (Å²) in [5.41, 5.74) is 2.32. The Morgan fingerprint density at radius 3 is 2.24 bits per heavy atom. The van der Waals surface area contributed by atoms with E-state index in [1.54, 1.807) is 40.2 Å². The van der Waals surface area contributed by atoms with Crippen LogP contribution >= 0.6 is 11.8 Å². The van der Waals surface area contributed by atoms with E-state index in [4.69, 9.17) is 18.9 Å². The van der Waals surface area contributed by atoms with Crippen molar-refractivity contribution in [1.82, 2.24) is 4.90 Å². The molecule has 8 nitrogen and oxygen atoms in total. The first-order valence-electron chi connectivity index (χ1n) is 8.73. The van der Waals surface area contributed by atoms with E-state index in [-0.39, 0.29) is 0 Å². The number of nitrogens with zero attached hydrogens (tertiary/aromatic N) is 2. The van der Waals surface area contributed by atoms with Gasteiger partial charge in [-0.1, -0.05) is 6.07 Å². The van der Waals surface area contributed by atoms with Gasteiger partial charge in [0.05, 0.1) is 45.8 Å². The van der Waals surface area contributed by atoms with Gasteiger partial charge in [0.25, 0.3) is 0 Å². The van der Waals surface area contributed by atoms with Crippen molar-refractivity contribution in [3.05, 3.63) is 45.6 Å². The summed E-state index contributed by atoms with van der Waals surface area (Å²) in [5, 5.41) is 0.591. The molecule has 2 heterocycles. The lowest BCUT2D eigenvalue weighted by Crippen LogP contribution is -2.36. The van der Waals surface area contributed by atoms with Crippen LogP contribution < -0.4 is 9.47 Å². The molecule has 1 aromatic carbocycles. The fraction of sp³-hybridized carbons (Fsp3) is 0.350. The molecule has 2 aliphatic heterocycles. The average Bonchev–Trinajstić information content (AvgIpc) is 3.06. The fourth-order valence-electron chi connectivity index (χ4n) is 3.37. The number of ether oxygens (including phenoxy) is 4. The number of benzene rings is 1. The van der Waals surface area contributed by atoms with Gasteiger partial charge in [-0.2, -0.15) is 0 Å². The Labute approximate surface area is 173 Å². The molecule has 2 aliphatic rings. The number of hydrogen-bond donors (Lipinski definition) is 0. The number of thioether (sulfide) groups is 1. The van der Waals surface area contributed by atoms with Crippen LogP contribution in [-0.4, -0.2) is 50.4 Å². The van der Waals surface area contributed by atoms with Crippen molar-refractivity contribution in [3.63, 3.8) is 0 Å². The second-order valence-electron chi connectivity index (χ2n) is 6.28. The van der Waals surface area contributed by atoms with Gasteiger partial charge in [-0.25, -0.2) is 14.6 Å². The quantitative estimate of drug-likeness (QED) is 0.675. The SMILES string of the molecule is COC(=O)C1=C(C)N2C(=NC(C)=C(C(=O)OC)C2c2ccc(OC)c(OC)c2)S1. The van der Waals surface area contributed by atoms with Crippen LogP contribution in [-0.2, 0) is 19.1 Å². The zero-order chi connectivity index (χ0) is 21.3. The summed E-state index contributed by atoms with van der Waals surface area (Å²) in [5.74, 6) is 0.152. The molecule has 0 saturated carbocycles. The lowest BCUT2D eigenvalue weighted by atomic mass is 9.93. The Kier molecular flexibility index (Phi) is 5.88. The molecule has 0 aliphatic carbocycles. The Morgan fingerprint density at radius 1 is 1.00 bits per heavy atom. The lowest BCUT2D eigenvalue weighted by Gasteiger charge is -2.35. The highest BCUT2D eigenvalue weighted by Crippen LogP contribution is 2.48. The first-order chi connectivity index (χ1) is 13.9. The van der Waals surface area contributed by atoms with Gasteiger partial charge in [0.2, 0.25) is 0 Å². The number of allylic oxidation sites excluding steroid dienone is 2. The van der Waals surface area contributed by atoms with Gasteiger partial charge in [-0.15, -0.1) is 0 Å². The van der Waals surface area contributed by atoms with E-state index in [1.165, 1.54) is 26.0 Å². The van der Waals surface area contributed by atoms with Crippen LogP contribution in [0.4, 0.5) is 0 Å². The predicted octanol–water partition coefficient (Wildman–Crippen LogP) is 3.01. The number of esters is 2. The summed E-state index contributed by atoms with van der Waals surface area (Å²) in [4.78, 5) is 31.7. The number of aliphatic imine (C=N–C) groups is 1. The first-order valence-corrected chi connectivity index (χ1v) is 9.55. The number of hydrogen-bond acceptors (Lipinski definition) is 9. The topological polar surface area (TPSA) is 86.7 Å². The van der Waals surface area contributed by atoms with Crippen LogP contribution in [0.25, 0.3) is 0 Å². The smallest absolute Gasteiger partial charge is 0.346 e. The number of fused-ring (bicyclic) bond motifs is 1. The van der Waals surface area contributed by atoms with E-state index >= 15 is 0 Å². The van der Waals surface area contributed by atoms with Gasteiger partial charge >= 0.3 is 11.9 Å². The van der Waals surface area contributed by atoms with Crippen molar-refractivity contribution < 1.29 is 28.5 Å². The molecule has 0 saturated heterocycles. The highest BCUT2D eigenvalue weighted by atomic mass is 32.2. The Balaban J connectivity index is 2.21. The largest absolute Gasteiger partial charge is 0.493 e. The molecular formula is C20H22N2O6S. The minimum Gasteiger partial charge on any atom is -0.493 e. The Morgan fingerprint density at radius 2 is 1.66 bits per heavy atom. The van der Waals surface area contributed by atoms with Crippen molar-refractivity contribution in [1.29, 1.82) is 0 Å². The summed E-state index contributed by atoms with van der Waals surface area (Å²) >= 11 is 1.22. The second-order valence-corrected chi connectivity index (χ2v) is 7.26. The van der Waals surface area contributed by atoms with Crippen molar-refractivity contribution in [3.8, 4) is 11.5 Å². The highest BCUT2D eigenvalue weighted by Gasteiger charge is 2.43. The van der Waals surface area contributed by atoms with Crippen LogP contribution in [0, 0.1) is 0 Å². The van der Waals surface area contributed by atoms with Crippen LogP contribution in [0.2, 0.25) is 0 Å². The molecule has 1 aromatic rings. The van der Waals surface area contributed by atoms with E-state index < -0.39 is 18.0 Å². The molecule has 1 unspecified atom stereocenters. The Bertz CT molecular complexity index is 966. The number of amidine groups is 1. The molecule has 9 heteroatoms. The van der Waals surface area contributed by atoms with Gasteiger partial charge in [0, 0.05) is 5.70 Å². The first kappa shape index (κ1) is 20.8. The molecule has 0 N–H and O–H groups in total. The third-order valence-corrected chi connectivity index (χ3v) is 5.91. The van der Waals surface area contributed by atoms with E-state index in [9.17, 15) is 9.59 Å². The van der Waals surface area contributed by atoms with Crippen LogP contribution in [0.5, 0.6) is 11.5 Å². The summed E-state index contributed by atoms with van der Waals surface area (Å²) in [6.45, 7) is 3.54. The van der Waals surface area contributed by atoms with E-state index in [0.29, 0.717) is 38.5 Å². The summed E-state index contributed by atoms with van der Waals surface area (Å²) in [6.07, 6.45) is 0. The molecule has 29 heavy (non-hydrogen) atoms. The third-order valence-electron chi connectivity index (χ3n) is 4.77. The number of carbonyl (C=O) groups excluding carboxylic acids is 2. The van der Waals surface area contributed by atoms with Crippen LogP contribution in [0.1, 0.15) is 25.5 Å². The minimum atomic E-state index is -0.551. The van der Waals surface area contributed by atoms with Gasteiger partial charge in [0.1, 0.15) is 4.91 Å². The second kappa shape index (κ2) is 8.20. The molecular weight excluding hydrogens is 396 g/mol. The maximum absolute atomic E-state index is 12.7. The molecule has 0 fully saturated rings. The highest BCUT2D eigenvalue weighted by molar-refractivity contribution is 8.18. The Hall–Kier alpha value is -2.94. The van der Waals surface area contributed by atoms with Crippen molar-refractivity contribution >= 4 is 28.9 Å². The number of carbonyl (C=O) groups is 2. The van der Waals surface area contributed by atoms with Crippen LogP contribution in [0.15, 0.2) is 45.1 Å². The van der Waals surface area contributed by atoms with E-state index in [2.05, 4.69) is 4.99 Å². The molecule has 0 radical (unpaired) electrons. The maximum Gasteiger partial charge on any atom is 0.346 e. The summed E-state index contributed by atoms with van der Waals surface area (Å²) in [6, 6.07) is 4.87. The molecule has 0 aromatic heterocycles. The average molecular weight is 418 g/mol. The summed E-state index contributed by atoms with van der Waals surface area (Å²) < 4.78 is 20.7. The molecule has 154 valence electrons. The van der Waals surface area contributed by atoms with Gasteiger partial charge in [0.15, 0.2) is 16.7 Å². The fourth-order valence-corrected chi connectivity index (χ4v) is 4.49. The standard InChI is InChI=1S/C20H22N2O6S/c1-10-15(18(23)27-5)16(12-7-8-13(25-3)14(9-12)26-4)22-11(2)17(19(24)28-6)29-20(22)21-10/h7-9,16H,1-6H3. The van der Waals surface area contributed by atoms with Gasteiger partial charge in [-0.3, -0.25) is 0 Å². The normalized spacial score (nSPS) is 18.3. The predicted molar refractivity (Wildman–Crippen MR) is 109 cm³/mol. The zero-order valence-corrected chi connectivity index (χ0v) is 17.9. The van der Waals surface area contributed by atoms with E-state index in [1.807, 2.05) is 11.0 Å². The van der Waals surface area contributed by atoms with Crippen molar-refractivity contribution in [2.45, 2.75) is 19.9 Å². The third kappa shape index (κ3) is 3.46. The molecule has 0 bridgehead atoms. The zero-order valence-electron chi connectivity index (χ0n) is 17.1. The van der Waals surface area contributed by atoms with E-state index in [0.717, 1.165) is 5.56 Å². The van der Waals surface area contributed by atoms with Crippen molar-refractivity contribution in [2.24, 2.45) is 4.99 Å².